The van der Waals surface area contributed by atoms with Crippen LogP contribution in [0.2, 0.25) is 0 Å². The predicted octanol–water partition coefficient (Wildman–Crippen LogP) is 0.874. The van der Waals surface area contributed by atoms with Gasteiger partial charge in [-0.2, -0.15) is 0 Å². The van der Waals surface area contributed by atoms with Crippen molar-refractivity contribution in [3.63, 3.8) is 0 Å². The van der Waals surface area contributed by atoms with Crippen LogP contribution in [-0.2, 0) is 10.0 Å². The molecule has 0 aromatic rings. The summed E-state index contributed by atoms with van der Waals surface area (Å²) < 4.78 is 26.3. The summed E-state index contributed by atoms with van der Waals surface area (Å²) in [6, 6.07) is 0.781. The van der Waals surface area contributed by atoms with Gasteiger partial charge in [0.1, 0.15) is 0 Å². The third kappa shape index (κ3) is 4.41. The molecule has 2 saturated heterocycles. The Morgan fingerprint density at radius 1 is 1.25 bits per heavy atom. The normalized spacial score (nSPS) is 29.1. The zero-order valence-corrected chi connectivity index (χ0v) is 13.7. The first kappa shape index (κ1) is 16.2. The smallest absolute Gasteiger partial charge is 0.213 e. The van der Waals surface area contributed by atoms with Gasteiger partial charge in [0.05, 0.1) is 5.75 Å². The average Bonchev–Trinajstić information content (AvgIpc) is 2.83. The summed E-state index contributed by atoms with van der Waals surface area (Å²) in [5.74, 6) is 0.275. The molecule has 0 saturated carbocycles. The van der Waals surface area contributed by atoms with Crippen LogP contribution in [0.5, 0.6) is 0 Å². The Kier molecular flexibility index (Phi) is 5.84. The van der Waals surface area contributed by atoms with Gasteiger partial charge in [0, 0.05) is 25.7 Å². The van der Waals surface area contributed by atoms with E-state index in [2.05, 4.69) is 17.3 Å². The maximum Gasteiger partial charge on any atom is 0.213 e. The van der Waals surface area contributed by atoms with E-state index in [4.69, 9.17) is 0 Å². The number of sulfonamides is 1. The van der Waals surface area contributed by atoms with Crippen molar-refractivity contribution in [1.29, 1.82) is 0 Å². The molecule has 2 fully saturated rings. The van der Waals surface area contributed by atoms with E-state index in [0.29, 0.717) is 18.6 Å². The molecule has 0 radical (unpaired) electrons. The Morgan fingerprint density at radius 3 is 2.65 bits per heavy atom. The van der Waals surface area contributed by atoms with Gasteiger partial charge < -0.3 is 10.2 Å². The maximum absolute atomic E-state index is 12.3. The third-order valence-electron chi connectivity index (χ3n) is 4.75. The van der Waals surface area contributed by atoms with Gasteiger partial charge in [-0.3, -0.25) is 0 Å². The van der Waals surface area contributed by atoms with Gasteiger partial charge in [-0.1, -0.05) is 6.42 Å². The van der Waals surface area contributed by atoms with Crippen molar-refractivity contribution in [2.75, 3.05) is 39.5 Å². The Labute approximate surface area is 123 Å². The summed E-state index contributed by atoms with van der Waals surface area (Å²) in [5.41, 5.74) is 0. The lowest BCUT2D eigenvalue weighted by molar-refractivity contribution is 0.270. The molecule has 20 heavy (non-hydrogen) atoms. The van der Waals surface area contributed by atoms with Crippen LogP contribution >= 0.6 is 0 Å². The van der Waals surface area contributed by atoms with Crippen LogP contribution in [0.25, 0.3) is 0 Å². The first-order chi connectivity index (χ1) is 9.49. The number of hydrogen-bond acceptors (Lipinski definition) is 4. The fraction of sp³-hybridized carbons (Fsp3) is 1.00. The minimum absolute atomic E-state index is 0.275. The van der Waals surface area contributed by atoms with Crippen molar-refractivity contribution < 1.29 is 8.42 Å². The molecule has 2 heterocycles. The zero-order chi connectivity index (χ0) is 14.6. The lowest BCUT2D eigenvalue weighted by Crippen LogP contribution is -2.42. The van der Waals surface area contributed by atoms with Crippen molar-refractivity contribution in [2.24, 2.45) is 0 Å². The SMILES string of the molecule is CN1CCCC1CN(C)S(=O)(=O)CCC1CCCCN1. The molecule has 0 bridgehead atoms. The number of nitrogens with zero attached hydrogens (tertiary/aromatic N) is 2. The topological polar surface area (TPSA) is 52.7 Å². The van der Waals surface area contributed by atoms with Gasteiger partial charge in [-0.05, 0) is 52.2 Å². The fourth-order valence-electron chi connectivity index (χ4n) is 3.24. The largest absolute Gasteiger partial charge is 0.314 e. The molecule has 6 heteroatoms. The Hall–Kier alpha value is -0.170. The van der Waals surface area contributed by atoms with E-state index in [0.717, 1.165) is 32.4 Å². The van der Waals surface area contributed by atoms with E-state index in [1.165, 1.54) is 19.3 Å². The highest BCUT2D eigenvalue weighted by Crippen LogP contribution is 2.17. The summed E-state index contributed by atoms with van der Waals surface area (Å²) in [4.78, 5) is 2.27. The Morgan fingerprint density at radius 2 is 2.05 bits per heavy atom. The van der Waals surface area contributed by atoms with Gasteiger partial charge >= 0.3 is 0 Å². The van der Waals surface area contributed by atoms with Crippen molar-refractivity contribution in [3.05, 3.63) is 0 Å². The standard InChI is InChI=1S/C14H29N3O2S/c1-16-10-5-7-14(16)12-17(2)20(18,19)11-8-13-6-3-4-9-15-13/h13-15H,3-12H2,1-2H3. The van der Waals surface area contributed by atoms with Crippen molar-refractivity contribution in [3.8, 4) is 0 Å². The molecule has 0 spiro atoms. The molecular weight excluding hydrogens is 274 g/mol. The maximum atomic E-state index is 12.3. The van der Waals surface area contributed by atoms with Crippen molar-refractivity contribution in [2.45, 2.75) is 50.6 Å². The minimum atomic E-state index is -3.10. The molecule has 2 rings (SSSR count). The molecule has 2 atom stereocenters. The third-order valence-corrected chi connectivity index (χ3v) is 6.60. The second kappa shape index (κ2) is 7.20. The average molecular weight is 303 g/mol. The van der Waals surface area contributed by atoms with Gasteiger partial charge in [0.15, 0.2) is 0 Å². The van der Waals surface area contributed by atoms with Crippen LogP contribution in [0.15, 0.2) is 0 Å². The lowest BCUT2D eigenvalue weighted by Gasteiger charge is -2.27. The number of nitrogens with one attached hydrogen (secondary N) is 1. The number of hydrogen-bond donors (Lipinski definition) is 1. The van der Waals surface area contributed by atoms with E-state index in [1.807, 2.05) is 0 Å². The second-order valence-electron chi connectivity index (χ2n) is 6.31. The molecule has 2 aliphatic heterocycles. The first-order valence-corrected chi connectivity index (χ1v) is 9.47. The van der Waals surface area contributed by atoms with E-state index >= 15 is 0 Å². The molecule has 118 valence electrons. The summed E-state index contributed by atoms with van der Waals surface area (Å²) in [6.07, 6.45) is 6.59. The van der Waals surface area contributed by atoms with Gasteiger partial charge in [-0.25, -0.2) is 12.7 Å². The highest BCUT2D eigenvalue weighted by molar-refractivity contribution is 7.89. The van der Waals surface area contributed by atoms with Crippen LogP contribution in [0.1, 0.15) is 38.5 Å². The second-order valence-corrected chi connectivity index (χ2v) is 8.50. The summed E-state index contributed by atoms with van der Waals surface area (Å²) in [6.45, 7) is 2.76. The highest BCUT2D eigenvalue weighted by Gasteiger charge is 2.27. The molecule has 0 aromatic heterocycles. The van der Waals surface area contributed by atoms with E-state index < -0.39 is 10.0 Å². The lowest BCUT2D eigenvalue weighted by atomic mass is 10.0. The molecule has 1 N–H and O–H groups in total. The molecule has 2 aliphatic rings. The Bertz CT molecular complexity index is 393. The number of rotatable bonds is 6. The highest BCUT2D eigenvalue weighted by atomic mass is 32.2. The first-order valence-electron chi connectivity index (χ1n) is 7.86. The zero-order valence-electron chi connectivity index (χ0n) is 12.8. The molecule has 0 aliphatic carbocycles. The van der Waals surface area contributed by atoms with Crippen LogP contribution < -0.4 is 5.32 Å². The van der Waals surface area contributed by atoms with E-state index in [9.17, 15) is 8.42 Å². The van der Waals surface area contributed by atoms with Crippen LogP contribution in [0.3, 0.4) is 0 Å². The monoisotopic (exact) mass is 303 g/mol. The molecule has 2 unspecified atom stereocenters. The molecule has 0 aromatic carbocycles. The van der Waals surface area contributed by atoms with Gasteiger partial charge in [-0.15, -0.1) is 0 Å². The van der Waals surface area contributed by atoms with Crippen LogP contribution in [-0.4, -0.2) is 69.2 Å². The summed E-state index contributed by atoms with van der Waals surface area (Å²) >= 11 is 0. The quantitative estimate of drug-likeness (QED) is 0.791. The fourth-order valence-corrected chi connectivity index (χ4v) is 4.53. The molecule has 5 nitrogen and oxygen atoms in total. The molecular formula is C14H29N3O2S. The van der Waals surface area contributed by atoms with Crippen molar-refractivity contribution >= 4 is 10.0 Å². The minimum Gasteiger partial charge on any atom is -0.314 e. The molecule has 0 amide bonds. The van der Waals surface area contributed by atoms with E-state index in [1.54, 1.807) is 11.4 Å². The van der Waals surface area contributed by atoms with Crippen LogP contribution in [0.4, 0.5) is 0 Å². The Balaban J connectivity index is 1.79. The van der Waals surface area contributed by atoms with Gasteiger partial charge in [0.2, 0.25) is 10.0 Å². The van der Waals surface area contributed by atoms with Gasteiger partial charge in [0.25, 0.3) is 0 Å². The van der Waals surface area contributed by atoms with Crippen LogP contribution in [0, 0.1) is 0 Å². The van der Waals surface area contributed by atoms with Crippen molar-refractivity contribution in [1.82, 2.24) is 14.5 Å². The number of likely N-dealkylation sites (N-methyl/N-ethyl adjacent to an activating group) is 2. The number of piperidine rings is 1. The van der Waals surface area contributed by atoms with E-state index in [-0.39, 0.29) is 5.75 Å². The summed E-state index contributed by atoms with van der Waals surface area (Å²) in [5, 5.41) is 3.42. The number of likely N-dealkylation sites (tertiary alicyclic amines) is 1. The summed E-state index contributed by atoms with van der Waals surface area (Å²) in [7, 11) is 0.715. The predicted molar refractivity (Wildman–Crippen MR) is 82.3 cm³/mol.